The van der Waals surface area contributed by atoms with Gasteiger partial charge in [0, 0.05) is 29.6 Å². The molecular formula is C28H29FN2O4. The number of methoxy groups -OCH3 is 3. The van der Waals surface area contributed by atoms with E-state index in [0.29, 0.717) is 37.3 Å². The zero-order valence-electron chi connectivity index (χ0n) is 20.1. The highest BCUT2D eigenvalue weighted by Gasteiger charge is 2.16. The number of nitrogens with one attached hydrogen (secondary N) is 2. The second kappa shape index (κ2) is 11.0. The van der Waals surface area contributed by atoms with Gasteiger partial charge in [-0.25, -0.2) is 4.39 Å². The van der Waals surface area contributed by atoms with Crippen molar-refractivity contribution in [1.82, 2.24) is 10.3 Å². The Kier molecular flexibility index (Phi) is 7.55. The number of halogens is 1. The SMILES string of the molecule is COc1ccc(-c2[nH]c3ccc(F)cc3c2CCC(=O)NCCc2ccc(OC)c(OC)c2)cc1. The van der Waals surface area contributed by atoms with E-state index in [4.69, 9.17) is 14.2 Å². The minimum Gasteiger partial charge on any atom is -0.497 e. The zero-order chi connectivity index (χ0) is 24.8. The van der Waals surface area contributed by atoms with Gasteiger partial charge in [0.2, 0.25) is 5.91 Å². The molecule has 3 aromatic carbocycles. The number of fused-ring (bicyclic) bond motifs is 1. The molecule has 1 aromatic heterocycles. The van der Waals surface area contributed by atoms with E-state index in [0.717, 1.165) is 39.0 Å². The molecule has 0 unspecified atom stereocenters. The first-order chi connectivity index (χ1) is 17.0. The van der Waals surface area contributed by atoms with E-state index in [1.807, 2.05) is 42.5 Å². The lowest BCUT2D eigenvalue weighted by Gasteiger charge is -2.10. The highest BCUT2D eigenvalue weighted by Crippen LogP contribution is 2.33. The average molecular weight is 477 g/mol. The number of carbonyl (C=O) groups is 1. The van der Waals surface area contributed by atoms with Gasteiger partial charge in [-0.2, -0.15) is 0 Å². The van der Waals surface area contributed by atoms with Crippen molar-refractivity contribution in [3.63, 3.8) is 0 Å². The fourth-order valence-electron chi connectivity index (χ4n) is 4.19. The molecule has 1 amide bonds. The number of benzene rings is 3. The van der Waals surface area contributed by atoms with Crippen LogP contribution in [0, 0.1) is 5.82 Å². The Morgan fingerprint density at radius 1 is 0.886 bits per heavy atom. The van der Waals surface area contributed by atoms with Crippen molar-refractivity contribution < 1.29 is 23.4 Å². The highest BCUT2D eigenvalue weighted by atomic mass is 19.1. The van der Waals surface area contributed by atoms with E-state index < -0.39 is 0 Å². The molecule has 0 spiro atoms. The smallest absolute Gasteiger partial charge is 0.220 e. The largest absolute Gasteiger partial charge is 0.497 e. The van der Waals surface area contributed by atoms with Gasteiger partial charge < -0.3 is 24.5 Å². The van der Waals surface area contributed by atoms with Crippen molar-refractivity contribution in [2.45, 2.75) is 19.3 Å². The molecule has 0 radical (unpaired) electrons. The van der Waals surface area contributed by atoms with Gasteiger partial charge in [-0.15, -0.1) is 0 Å². The van der Waals surface area contributed by atoms with E-state index in [1.54, 1.807) is 27.4 Å². The topological polar surface area (TPSA) is 72.6 Å². The van der Waals surface area contributed by atoms with Crippen molar-refractivity contribution >= 4 is 16.8 Å². The van der Waals surface area contributed by atoms with E-state index in [9.17, 15) is 9.18 Å². The molecule has 182 valence electrons. The number of aromatic amines is 1. The molecule has 0 bridgehead atoms. The Hall–Kier alpha value is -4.00. The maximum Gasteiger partial charge on any atom is 0.220 e. The lowest BCUT2D eigenvalue weighted by atomic mass is 10.0. The molecule has 0 aliphatic carbocycles. The highest BCUT2D eigenvalue weighted by molar-refractivity contribution is 5.91. The second-order valence-corrected chi connectivity index (χ2v) is 8.19. The number of H-pyrrole nitrogens is 1. The van der Waals surface area contributed by atoms with Crippen LogP contribution in [-0.2, 0) is 17.6 Å². The maximum atomic E-state index is 14.0. The van der Waals surface area contributed by atoms with Crippen LogP contribution in [0.3, 0.4) is 0 Å². The molecule has 0 saturated carbocycles. The van der Waals surface area contributed by atoms with Crippen molar-refractivity contribution in [3.8, 4) is 28.5 Å². The summed E-state index contributed by atoms with van der Waals surface area (Å²) in [6.45, 7) is 0.502. The summed E-state index contributed by atoms with van der Waals surface area (Å²) in [5.74, 6) is 1.72. The second-order valence-electron chi connectivity index (χ2n) is 8.19. The molecular weight excluding hydrogens is 447 g/mol. The average Bonchev–Trinajstić information content (AvgIpc) is 3.24. The van der Waals surface area contributed by atoms with Gasteiger partial charge in [0.05, 0.1) is 21.3 Å². The summed E-state index contributed by atoms with van der Waals surface area (Å²) in [7, 11) is 4.82. The van der Waals surface area contributed by atoms with Gasteiger partial charge in [-0.3, -0.25) is 4.79 Å². The van der Waals surface area contributed by atoms with Gasteiger partial charge in [0.1, 0.15) is 11.6 Å². The Morgan fingerprint density at radius 3 is 2.37 bits per heavy atom. The Morgan fingerprint density at radius 2 is 1.66 bits per heavy atom. The van der Waals surface area contributed by atoms with Crippen molar-refractivity contribution in [2.75, 3.05) is 27.9 Å². The number of rotatable bonds is 10. The van der Waals surface area contributed by atoms with Crippen LogP contribution in [0.1, 0.15) is 17.5 Å². The number of hydrogen-bond acceptors (Lipinski definition) is 4. The fourth-order valence-corrected chi connectivity index (χ4v) is 4.19. The van der Waals surface area contributed by atoms with Crippen LogP contribution < -0.4 is 19.5 Å². The molecule has 0 atom stereocenters. The van der Waals surface area contributed by atoms with Crippen LogP contribution in [-0.4, -0.2) is 38.8 Å². The first-order valence-electron chi connectivity index (χ1n) is 11.4. The Balaban J connectivity index is 1.44. The summed E-state index contributed by atoms with van der Waals surface area (Å²) in [4.78, 5) is 16.0. The summed E-state index contributed by atoms with van der Waals surface area (Å²) in [5, 5.41) is 3.77. The number of aryl methyl sites for hydroxylation is 1. The summed E-state index contributed by atoms with van der Waals surface area (Å²) in [6, 6.07) is 18.1. The molecule has 6 nitrogen and oxygen atoms in total. The molecule has 35 heavy (non-hydrogen) atoms. The van der Waals surface area contributed by atoms with Gasteiger partial charge >= 0.3 is 0 Å². The Bertz CT molecular complexity index is 1310. The quantitative estimate of drug-likeness (QED) is 0.326. The van der Waals surface area contributed by atoms with E-state index in [2.05, 4.69) is 10.3 Å². The minimum absolute atomic E-state index is 0.0584. The molecule has 0 saturated heterocycles. The van der Waals surface area contributed by atoms with Crippen molar-refractivity contribution in [2.24, 2.45) is 0 Å². The maximum absolute atomic E-state index is 14.0. The summed E-state index contributed by atoms with van der Waals surface area (Å²) in [5.41, 5.74) is 4.62. The molecule has 7 heteroatoms. The van der Waals surface area contributed by atoms with Gasteiger partial charge in [-0.1, -0.05) is 6.07 Å². The predicted molar refractivity (Wildman–Crippen MR) is 135 cm³/mol. The molecule has 4 rings (SSSR count). The van der Waals surface area contributed by atoms with E-state index >= 15 is 0 Å². The number of amides is 1. The third-order valence-corrected chi connectivity index (χ3v) is 6.03. The monoisotopic (exact) mass is 476 g/mol. The van der Waals surface area contributed by atoms with Crippen LogP contribution in [0.5, 0.6) is 17.2 Å². The van der Waals surface area contributed by atoms with Crippen LogP contribution in [0.4, 0.5) is 4.39 Å². The molecule has 0 fully saturated rings. The van der Waals surface area contributed by atoms with Gasteiger partial charge in [0.15, 0.2) is 11.5 Å². The molecule has 0 aliphatic rings. The number of ether oxygens (including phenoxy) is 3. The van der Waals surface area contributed by atoms with Crippen molar-refractivity contribution in [3.05, 3.63) is 77.6 Å². The van der Waals surface area contributed by atoms with Crippen LogP contribution in [0.15, 0.2) is 60.7 Å². The molecule has 0 aliphatic heterocycles. The number of aromatic nitrogens is 1. The van der Waals surface area contributed by atoms with Crippen LogP contribution in [0.25, 0.3) is 22.2 Å². The van der Waals surface area contributed by atoms with Crippen LogP contribution >= 0.6 is 0 Å². The third kappa shape index (κ3) is 5.57. The number of hydrogen-bond donors (Lipinski definition) is 2. The standard InChI is InChI=1S/C28H29FN2O4/c1-33-21-8-5-19(6-9-21)28-22(23-17-20(29)7-11-24(23)31-28)10-13-27(32)30-15-14-18-4-12-25(34-2)26(16-18)35-3/h4-9,11-12,16-17,31H,10,13-15H2,1-3H3,(H,30,32). The van der Waals surface area contributed by atoms with E-state index in [1.165, 1.54) is 12.1 Å². The molecule has 2 N–H and O–H groups in total. The van der Waals surface area contributed by atoms with E-state index in [-0.39, 0.29) is 11.7 Å². The first-order valence-corrected chi connectivity index (χ1v) is 11.4. The zero-order valence-corrected chi connectivity index (χ0v) is 20.1. The molecule has 4 aromatic rings. The third-order valence-electron chi connectivity index (χ3n) is 6.03. The number of carbonyl (C=O) groups excluding carboxylic acids is 1. The predicted octanol–water partition coefficient (Wildman–Crippen LogP) is 5.29. The summed E-state index contributed by atoms with van der Waals surface area (Å²) in [6.07, 6.45) is 1.44. The Labute approximate surface area is 204 Å². The van der Waals surface area contributed by atoms with Crippen molar-refractivity contribution in [1.29, 1.82) is 0 Å². The summed E-state index contributed by atoms with van der Waals surface area (Å²) < 4.78 is 29.9. The lowest BCUT2D eigenvalue weighted by molar-refractivity contribution is -0.121. The fraction of sp³-hybridized carbons (Fsp3) is 0.250. The van der Waals surface area contributed by atoms with Crippen LogP contribution in [0.2, 0.25) is 0 Å². The van der Waals surface area contributed by atoms with Gasteiger partial charge in [0.25, 0.3) is 0 Å². The minimum atomic E-state index is -0.307. The normalized spacial score (nSPS) is 10.9. The molecule has 1 heterocycles. The first kappa shape index (κ1) is 24.1. The lowest BCUT2D eigenvalue weighted by Crippen LogP contribution is -2.25. The summed E-state index contributed by atoms with van der Waals surface area (Å²) >= 11 is 0. The van der Waals surface area contributed by atoms with Gasteiger partial charge in [-0.05, 0) is 84.1 Å².